The number of amides is 2. The Balaban J connectivity index is 1.28. The van der Waals surface area contributed by atoms with Crippen LogP contribution in [0.4, 0.5) is 13.6 Å². The minimum Gasteiger partial charge on any atom is -0.453 e. The number of carbonyl (C=O) groups excluding carboxylic acids is 2. The van der Waals surface area contributed by atoms with Gasteiger partial charge in [-0.15, -0.1) is 0 Å². The van der Waals surface area contributed by atoms with Gasteiger partial charge in [-0.25, -0.2) is 22.0 Å². The number of nitrogens with zero attached hydrogens (tertiary/aromatic N) is 1. The molecule has 3 aromatic rings. The van der Waals surface area contributed by atoms with Crippen molar-refractivity contribution in [1.29, 1.82) is 0 Å². The highest BCUT2D eigenvalue weighted by Crippen LogP contribution is 2.37. The Bertz CT molecular complexity index is 1500. The van der Waals surface area contributed by atoms with Crippen molar-refractivity contribution >= 4 is 22.0 Å². The summed E-state index contributed by atoms with van der Waals surface area (Å²) in [6.07, 6.45) is 1.21. The highest BCUT2D eigenvalue weighted by Gasteiger charge is 2.43. The summed E-state index contributed by atoms with van der Waals surface area (Å²) < 4.78 is 60.6. The minimum atomic E-state index is -3.64. The lowest BCUT2D eigenvalue weighted by atomic mass is 9.84. The topological polar surface area (TPSA) is 117 Å². The fourth-order valence-corrected chi connectivity index (χ4v) is 7.53. The number of ether oxygens (including phenoxy) is 1. The first-order valence-corrected chi connectivity index (χ1v) is 16.0. The van der Waals surface area contributed by atoms with Crippen molar-refractivity contribution in [2.75, 3.05) is 26.7 Å². The van der Waals surface area contributed by atoms with Crippen LogP contribution in [0.2, 0.25) is 0 Å². The van der Waals surface area contributed by atoms with Crippen molar-refractivity contribution in [3.8, 4) is 0 Å². The molecular formula is C32H36F2N4O5S. The van der Waals surface area contributed by atoms with Crippen LogP contribution in [0.15, 0.2) is 83.8 Å². The predicted octanol–water partition coefficient (Wildman–Crippen LogP) is 3.77. The molecule has 3 aromatic carbocycles. The fraction of sp³-hybridized carbons (Fsp3) is 0.375. The highest BCUT2D eigenvalue weighted by atomic mass is 32.2. The standard InChI is InChI=1S/C32H36F2N4O5S/c1-43-32(40)37-30(29(21-7-12-24(33)13-8-21)22-9-14-25(34)15-10-22)31(39)36-28-19-23(28)11-16-26-20-35-17-18-38(26)44(41,42)27-5-3-2-4-6-27/h2-10,12-15,23,26,28-30,35H,11,16-20H2,1H3,(H,36,39)(H,37,40)/t23?,26-,28?,30-/m0/s1. The van der Waals surface area contributed by atoms with Crippen LogP contribution in [0.25, 0.3) is 0 Å². The Morgan fingerprint density at radius 1 is 0.955 bits per heavy atom. The van der Waals surface area contributed by atoms with Gasteiger partial charge in [0.2, 0.25) is 15.9 Å². The molecule has 9 nitrogen and oxygen atoms in total. The van der Waals surface area contributed by atoms with Gasteiger partial charge in [0.15, 0.2) is 0 Å². The molecular weight excluding hydrogens is 590 g/mol. The Hall–Kier alpha value is -3.87. The minimum absolute atomic E-state index is 0.135. The number of hydrogen-bond donors (Lipinski definition) is 3. The third kappa shape index (κ3) is 7.43. The molecule has 2 fully saturated rings. The van der Waals surface area contributed by atoms with E-state index >= 15 is 0 Å². The molecule has 3 N–H and O–H groups in total. The van der Waals surface area contributed by atoms with E-state index in [4.69, 9.17) is 4.74 Å². The number of methoxy groups -OCH3 is 1. The third-order valence-electron chi connectivity index (χ3n) is 8.30. The Morgan fingerprint density at radius 3 is 2.16 bits per heavy atom. The molecule has 0 aromatic heterocycles. The molecule has 1 saturated heterocycles. The van der Waals surface area contributed by atoms with E-state index < -0.39 is 45.6 Å². The maximum absolute atomic E-state index is 13.8. The number of alkyl carbamates (subject to hydrolysis) is 1. The van der Waals surface area contributed by atoms with Gasteiger partial charge in [0.1, 0.15) is 17.7 Å². The second-order valence-electron chi connectivity index (χ2n) is 11.2. The predicted molar refractivity (Wildman–Crippen MR) is 160 cm³/mol. The largest absolute Gasteiger partial charge is 0.453 e. The van der Waals surface area contributed by atoms with E-state index in [0.717, 1.165) is 0 Å². The molecule has 2 amide bonds. The Kier molecular flexibility index (Phi) is 9.92. The molecule has 12 heteroatoms. The number of piperazine rings is 1. The van der Waals surface area contributed by atoms with Gasteiger partial charge in [0, 0.05) is 37.6 Å². The van der Waals surface area contributed by atoms with Gasteiger partial charge in [0.05, 0.1) is 12.0 Å². The molecule has 4 atom stereocenters. The molecule has 0 bridgehead atoms. The van der Waals surface area contributed by atoms with E-state index in [1.54, 1.807) is 34.6 Å². The number of rotatable bonds is 11. The van der Waals surface area contributed by atoms with E-state index in [2.05, 4.69) is 16.0 Å². The molecule has 5 rings (SSSR count). The molecule has 1 saturated carbocycles. The number of sulfonamides is 1. The monoisotopic (exact) mass is 626 g/mol. The van der Waals surface area contributed by atoms with Crippen LogP contribution in [-0.4, -0.2) is 69.6 Å². The maximum atomic E-state index is 13.8. The summed E-state index contributed by atoms with van der Waals surface area (Å²) in [5, 5.41) is 8.94. The van der Waals surface area contributed by atoms with Crippen molar-refractivity contribution < 1.29 is 31.5 Å². The number of hydrogen-bond acceptors (Lipinski definition) is 6. The first-order chi connectivity index (χ1) is 21.2. The van der Waals surface area contributed by atoms with Crippen molar-refractivity contribution in [3.05, 3.63) is 102 Å². The molecule has 0 radical (unpaired) electrons. The number of carbonyl (C=O) groups is 2. The van der Waals surface area contributed by atoms with Crippen molar-refractivity contribution in [1.82, 2.24) is 20.3 Å². The van der Waals surface area contributed by atoms with Gasteiger partial charge in [0.25, 0.3) is 0 Å². The van der Waals surface area contributed by atoms with Crippen LogP contribution in [-0.2, 0) is 19.6 Å². The normalized spacial score (nSPS) is 21.0. The SMILES string of the molecule is COC(=O)N[C@H](C(=O)NC1CC1CC[C@H]1CNCCN1S(=O)(=O)c1ccccc1)C(c1ccc(F)cc1)c1ccc(F)cc1. The van der Waals surface area contributed by atoms with Crippen LogP contribution in [0, 0.1) is 17.6 Å². The van der Waals surface area contributed by atoms with Gasteiger partial charge in [-0.3, -0.25) is 4.79 Å². The summed E-state index contributed by atoms with van der Waals surface area (Å²) in [4.78, 5) is 26.4. The summed E-state index contributed by atoms with van der Waals surface area (Å²) >= 11 is 0. The zero-order valence-corrected chi connectivity index (χ0v) is 25.1. The van der Waals surface area contributed by atoms with Gasteiger partial charge in [-0.1, -0.05) is 42.5 Å². The molecule has 234 valence electrons. The average molecular weight is 627 g/mol. The van der Waals surface area contributed by atoms with Gasteiger partial charge >= 0.3 is 6.09 Å². The molecule has 1 aliphatic carbocycles. The summed E-state index contributed by atoms with van der Waals surface area (Å²) in [7, 11) is -2.45. The number of nitrogens with one attached hydrogen (secondary N) is 3. The lowest BCUT2D eigenvalue weighted by molar-refractivity contribution is -0.123. The summed E-state index contributed by atoms with van der Waals surface area (Å²) in [5.74, 6) is -2.02. The smallest absolute Gasteiger partial charge is 0.407 e. The summed E-state index contributed by atoms with van der Waals surface area (Å²) in [5.41, 5.74) is 1.10. The first-order valence-electron chi connectivity index (χ1n) is 14.6. The first kappa shape index (κ1) is 31.6. The van der Waals surface area contributed by atoms with Gasteiger partial charge < -0.3 is 20.7 Å². The van der Waals surface area contributed by atoms with Gasteiger partial charge in [-0.05, 0) is 72.7 Å². The Morgan fingerprint density at radius 2 is 1.57 bits per heavy atom. The van der Waals surface area contributed by atoms with Crippen molar-refractivity contribution in [2.45, 2.75) is 48.2 Å². The third-order valence-corrected chi connectivity index (χ3v) is 10.3. The van der Waals surface area contributed by atoms with E-state index in [-0.39, 0.29) is 22.9 Å². The molecule has 2 aliphatic rings. The van der Waals surface area contributed by atoms with Crippen LogP contribution >= 0.6 is 0 Å². The second kappa shape index (κ2) is 13.8. The van der Waals surface area contributed by atoms with Crippen molar-refractivity contribution in [2.24, 2.45) is 5.92 Å². The highest BCUT2D eigenvalue weighted by molar-refractivity contribution is 7.89. The van der Waals surface area contributed by atoms with E-state index in [9.17, 15) is 26.8 Å². The quantitative estimate of drug-likeness (QED) is 0.299. The Labute approximate surface area is 256 Å². The number of halogens is 2. The van der Waals surface area contributed by atoms with E-state index in [1.807, 2.05) is 0 Å². The second-order valence-corrected chi connectivity index (χ2v) is 13.1. The van der Waals surface area contributed by atoms with Crippen LogP contribution < -0.4 is 16.0 Å². The molecule has 1 aliphatic heterocycles. The van der Waals surface area contributed by atoms with Crippen LogP contribution in [0.3, 0.4) is 0 Å². The average Bonchev–Trinajstić information content (AvgIpc) is 3.79. The van der Waals surface area contributed by atoms with E-state index in [1.165, 1.54) is 55.6 Å². The summed E-state index contributed by atoms with van der Waals surface area (Å²) in [6, 6.07) is 18.0. The molecule has 2 unspecified atom stereocenters. The lowest BCUT2D eigenvalue weighted by Crippen LogP contribution is -2.53. The van der Waals surface area contributed by atoms with Crippen LogP contribution in [0.5, 0.6) is 0 Å². The maximum Gasteiger partial charge on any atom is 0.407 e. The van der Waals surface area contributed by atoms with Gasteiger partial charge in [-0.2, -0.15) is 4.31 Å². The van der Waals surface area contributed by atoms with E-state index in [0.29, 0.717) is 50.0 Å². The molecule has 44 heavy (non-hydrogen) atoms. The molecule has 1 heterocycles. The van der Waals surface area contributed by atoms with Crippen molar-refractivity contribution in [3.63, 3.8) is 0 Å². The molecule has 0 spiro atoms. The number of benzene rings is 3. The summed E-state index contributed by atoms with van der Waals surface area (Å²) in [6.45, 7) is 1.49. The fourth-order valence-electron chi connectivity index (χ4n) is 5.86. The lowest BCUT2D eigenvalue weighted by Gasteiger charge is -2.35. The van der Waals surface area contributed by atoms with Crippen LogP contribution in [0.1, 0.15) is 36.3 Å². The zero-order valence-electron chi connectivity index (χ0n) is 24.3. The zero-order chi connectivity index (χ0) is 31.3.